The van der Waals surface area contributed by atoms with Gasteiger partial charge < -0.3 is 8.98 Å². The van der Waals surface area contributed by atoms with Crippen molar-refractivity contribution in [3.63, 3.8) is 0 Å². The SMILES string of the molecule is c1ccc(-c2cccc(-c3nc(-c4ccccc4)nc(-c4ccc(-c5cc6c(oc7cccc(-n8c9ccccc9c9ccccc98)c76)c6ccccc56)cc4)n3)c2)cc1. The van der Waals surface area contributed by atoms with E-state index in [1.807, 2.05) is 36.4 Å². The van der Waals surface area contributed by atoms with E-state index in [2.05, 4.69) is 174 Å². The summed E-state index contributed by atoms with van der Waals surface area (Å²) in [6.07, 6.45) is 0. The Balaban J connectivity index is 1.01. The summed E-state index contributed by atoms with van der Waals surface area (Å²) in [4.78, 5) is 15.1. The zero-order chi connectivity index (χ0) is 39.6. The molecule has 0 radical (unpaired) electrons. The lowest BCUT2D eigenvalue weighted by Gasteiger charge is -2.12. The van der Waals surface area contributed by atoms with Gasteiger partial charge in [0, 0.05) is 38.2 Å². The fourth-order valence-corrected chi connectivity index (χ4v) is 8.85. The van der Waals surface area contributed by atoms with Gasteiger partial charge in [-0.3, -0.25) is 0 Å². The molecule has 9 aromatic carbocycles. The average molecular weight is 767 g/mol. The molecule has 0 N–H and O–H groups in total. The van der Waals surface area contributed by atoms with Gasteiger partial charge in [0.2, 0.25) is 0 Å². The quantitative estimate of drug-likeness (QED) is 0.169. The fourth-order valence-electron chi connectivity index (χ4n) is 8.85. The van der Waals surface area contributed by atoms with Crippen LogP contribution in [0.2, 0.25) is 0 Å². The highest BCUT2D eigenvalue weighted by Crippen LogP contribution is 2.43. The first-order valence-electron chi connectivity index (χ1n) is 20.2. The van der Waals surface area contributed by atoms with Gasteiger partial charge in [-0.2, -0.15) is 0 Å². The molecule has 0 aliphatic heterocycles. The molecule has 5 heteroatoms. The van der Waals surface area contributed by atoms with Crippen molar-refractivity contribution in [2.45, 2.75) is 0 Å². The van der Waals surface area contributed by atoms with Crippen LogP contribution in [0.1, 0.15) is 0 Å². The molecule has 0 amide bonds. The fraction of sp³-hybridized carbons (Fsp3) is 0. The molecule has 12 aromatic rings. The largest absolute Gasteiger partial charge is 0.455 e. The Labute approximate surface area is 345 Å². The molecule has 12 rings (SSSR count). The lowest BCUT2D eigenvalue weighted by Crippen LogP contribution is -2.00. The van der Waals surface area contributed by atoms with Crippen LogP contribution in [0.25, 0.3) is 117 Å². The molecule has 0 unspecified atom stereocenters. The van der Waals surface area contributed by atoms with Crippen molar-refractivity contribution in [2.24, 2.45) is 0 Å². The predicted molar refractivity (Wildman–Crippen MR) is 246 cm³/mol. The van der Waals surface area contributed by atoms with Gasteiger partial charge in [0.1, 0.15) is 11.2 Å². The number of nitrogens with zero attached hydrogens (tertiary/aromatic N) is 4. The highest BCUT2D eigenvalue weighted by Gasteiger charge is 2.21. The molecule has 5 nitrogen and oxygen atoms in total. The van der Waals surface area contributed by atoms with Gasteiger partial charge in [-0.1, -0.05) is 170 Å². The van der Waals surface area contributed by atoms with Crippen LogP contribution >= 0.6 is 0 Å². The van der Waals surface area contributed by atoms with Crippen LogP contribution in [0.5, 0.6) is 0 Å². The Bertz CT molecular complexity index is 3530. The Morgan fingerprint density at radius 1 is 0.333 bits per heavy atom. The van der Waals surface area contributed by atoms with E-state index in [1.54, 1.807) is 0 Å². The molecule has 0 aliphatic rings. The molecule has 0 fully saturated rings. The van der Waals surface area contributed by atoms with Crippen molar-refractivity contribution in [2.75, 3.05) is 0 Å². The summed E-state index contributed by atoms with van der Waals surface area (Å²) < 4.78 is 9.17. The van der Waals surface area contributed by atoms with Gasteiger partial charge in [-0.25, -0.2) is 15.0 Å². The zero-order valence-electron chi connectivity index (χ0n) is 32.3. The second kappa shape index (κ2) is 13.8. The van der Waals surface area contributed by atoms with Gasteiger partial charge in [0.05, 0.1) is 22.1 Å². The molecule has 60 heavy (non-hydrogen) atoms. The molecule has 3 heterocycles. The van der Waals surface area contributed by atoms with E-state index in [-0.39, 0.29) is 0 Å². The third-order valence-corrected chi connectivity index (χ3v) is 11.7. The standard InChI is InChI=1S/C55H34N4O/c1-3-15-35(16-4-1)39-19-13-20-40(33-39)55-57-53(37-17-5-2-6-18-37)56-54(58-55)38-31-29-36(30-32-38)45-34-46-51-49(27-14-28-50(51)60-52(46)44-24-8-7-21-41(44)45)59-47-25-11-9-22-42(47)43-23-10-12-26-48(43)59/h1-34H. The first kappa shape index (κ1) is 33.9. The minimum absolute atomic E-state index is 0.618. The van der Waals surface area contributed by atoms with Crippen molar-refractivity contribution in [3.05, 3.63) is 206 Å². The molecule has 280 valence electrons. The molecule has 0 atom stereocenters. The van der Waals surface area contributed by atoms with E-state index in [4.69, 9.17) is 19.4 Å². The minimum Gasteiger partial charge on any atom is -0.455 e. The van der Waals surface area contributed by atoms with E-state index in [0.29, 0.717) is 17.5 Å². The van der Waals surface area contributed by atoms with Crippen LogP contribution in [-0.2, 0) is 0 Å². The highest BCUT2D eigenvalue weighted by atomic mass is 16.3. The van der Waals surface area contributed by atoms with Crippen molar-refractivity contribution in [1.29, 1.82) is 0 Å². The summed E-state index contributed by atoms with van der Waals surface area (Å²) in [6.45, 7) is 0. The maximum absolute atomic E-state index is 6.79. The smallest absolute Gasteiger partial charge is 0.164 e. The highest BCUT2D eigenvalue weighted by molar-refractivity contribution is 6.22. The predicted octanol–water partition coefficient (Wildman–Crippen LogP) is 14.4. The number of para-hydroxylation sites is 2. The number of furan rings is 1. The minimum atomic E-state index is 0.618. The molecule has 0 bridgehead atoms. The maximum Gasteiger partial charge on any atom is 0.164 e. The lowest BCUT2D eigenvalue weighted by atomic mass is 9.94. The number of rotatable bonds is 6. The second-order valence-electron chi connectivity index (χ2n) is 15.2. The Hall–Kier alpha value is -8.15. The van der Waals surface area contributed by atoms with Crippen LogP contribution in [0.3, 0.4) is 0 Å². The summed E-state index contributed by atoms with van der Waals surface area (Å²) in [5.74, 6) is 1.88. The van der Waals surface area contributed by atoms with Crippen LogP contribution < -0.4 is 0 Å². The number of aromatic nitrogens is 4. The lowest BCUT2D eigenvalue weighted by molar-refractivity contribution is 0.672. The van der Waals surface area contributed by atoms with Crippen LogP contribution in [0.15, 0.2) is 211 Å². The van der Waals surface area contributed by atoms with Gasteiger partial charge in [0.15, 0.2) is 17.5 Å². The molecule has 0 aliphatic carbocycles. The summed E-state index contributed by atoms with van der Waals surface area (Å²) in [5.41, 5.74) is 12.4. The van der Waals surface area contributed by atoms with E-state index in [1.165, 1.54) is 10.8 Å². The van der Waals surface area contributed by atoms with Crippen molar-refractivity contribution < 1.29 is 4.42 Å². The van der Waals surface area contributed by atoms with Crippen molar-refractivity contribution in [3.8, 4) is 62.1 Å². The van der Waals surface area contributed by atoms with Gasteiger partial charge >= 0.3 is 0 Å². The van der Waals surface area contributed by atoms with Gasteiger partial charge in [0.25, 0.3) is 0 Å². The second-order valence-corrected chi connectivity index (χ2v) is 15.2. The molecular weight excluding hydrogens is 733 g/mol. The Morgan fingerprint density at radius 3 is 1.52 bits per heavy atom. The molecular formula is C55H34N4O. The topological polar surface area (TPSA) is 56.7 Å². The first-order chi connectivity index (χ1) is 29.7. The number of benzene rings is 9. The number of fused-ring (bicyclic) bond motifs is 8. The Kier molecular flexibility index (Phi) is 7.78. The monoisotopic (exact) mass is 766 g/mol. The van der Waals surface area contributed by atoms with E-state index >= 15 is 0 Å². The molecule has 0 saturated heterocycles. The van der Waals surface area contributed by atoms with Crippen LogP contribution in [-0.4, -0.2) is 19.5 Å². The number of hydrogen-bond donors (Lipinski definition) is 0. The van der Waals surface area contributed by atoms with Crippen molar-refractivity contribution in [1.82, 2.24) is 19.5 Å². The average Bonchev–Trinajstić information content (AvgIpc) is 3.88. The van der Waals surface area contributed by atoms with E-state index in [0.717, 1.165) is 88.4 Å². The zero-order valence-corrected chi connectivity index (χ0v) is 32.3. The van der Waals surface area contributed by atoms with Crippen molar-refractivity contribution >= 4 is 54.5 Å². The first-order valence-corrected chi connectivity index (χ1v) is 20.2. The van der Waals surface area contributed by atoms with Gasteiger partial charge in [-0.05, 0) is 64.0 Å². The summed E-state index contributed by atoms with van der Waals surface area (Å²) >= 11 is 0. The van der Waals surface area contributed by atoms with Gasteiger partial charge in [-0.15, -0.1) is 0 Å². The summed E-state index contributed by atoms with van der Waals surface area (Å²) in [6, 6.07) is 72.1. The van der Waals surface area contributed by atoms with E-state index in [9.17, 15) is 0 Å². The molecule has 3 aromatic heterocycles. The third kappa shape index (κ3) is 5.52. The molecule has 0 spiro atoms. The summed E-state index contributed by atoms with van der Waals surface area (Å²) in [5, 5.41) is 6.82. The third-order valence-electron chi connectivity index (χ3n) is 11.7. The normalized spacial score (nSPS) is 11.7. The van der Waals surface area contributed by atoms with Crippen LogP contribution in [0, 0.1) is 0 Å². The van der Waals surface area contributed by atoms with Crippen LogP contribution in [0.4, 0.5) is 0 Å². The maximum atomic E-state index is 6.79. The molecule has 0 saturated carbocycles. The Morgan fingerprint density at radius 2 is 0.833 bits per heavy atom. The number of hydrogen-bond acceptors (Lipinski definition) is 4. The van der Waals surface area contributed by atoms with E-state index < -0.39 is 0 Å². The summed E-state index contributed by atoms with van der Waals surface area (Å²) in [7, 11) is 0.